The van der Waals surface area contributed by atoms with Crippen LogP contribution in [0.25, 0.3) is 0 Å². The number of hydrogen-bond donors (Lipinski definition) is 1. The predicted molar refractivity (Wildman–Crippen MR) is 63.7 cm³/mol. The Morgan fingerprint density at radius 2 is 2.28 bits per heavy atom. The van der Waals surface area contributed by atoms with Crippen LogP contribution in [0.5, 0.6) is 0 Å². The smallest absolute Gasteiger partial charge is 0.371 e. The van der Waals surface area contributed by atoms with E-state index in [2.05, 4.69) is 5.10 Å². The topological polar surface area (TPSA) is 68.3 Å². The third kappa shape index (κ3) is 1.92. The van der Waals surface area contributed by atoms with Crippen molar-refractivity contribution in [1.29, 1.82) is 0 Å². The fraction of sp³-hybridized carbons (Fsp3) is 0.385. The third-order valence-electron chi connectivity index (χ3n) is 3.27. The molecule has 1 atom stereocenters. The molecule has 5 heteroatoms. The molecule has 2 heterocycles. The number of carboxylic acids is 1. The van der Waals surface area contributed by atoms with E-state index in [-0.39, 0.29) is 11.8 Å². The molecule has 2 aromatic rings. The van der Waals surface area contributed by atoms with E-state index in [9.17, 15) is 4.79 Å². The van der Waals surface area contributed by atoms with Crippen LogP contribution in [0.1, 0.15) is 53.7 Å². The molecule has 1 fully saturated rings. The van der Waals surface area contributed by atoms with Gasteiger partial charge in [-0.2, -0.15) is 5.10 Å². The number of carbonyl (C=O) groups is 1. The first-order valence-electron chi connectivity index (χ1n) is 6.03. The van der Waals surface area contributed by atoms with Gasteiger partial charge in [0.2, 0.25) is 5.76 Å². The number of carboxylic acid groups (broad SMARTS) is 1. The lowest BCUT2D eigenvalue weighted by atomic mass is 10.2. The van der Waals surface area contributed by atoms with Gasteiger partial charge in [0.05, 0.1) is 5.69 Å². The largest absolute Gasteiger partial charge is 0.475 e. The number of aromatic nitrogens is 2. The third-order valence-corrected chi connectivity index (χ3v) is 3.27. The molecule has 3 rings (SSSR count). The van der Waals surface area contributed by atoms with E-state index in [0.717, 1.165) is 5.69 Å². The molecule has 0 spiro atoms. The van der Waals surface area contributed by atoms with Crippen molar-refractivity contribution < 1.29 is 14.3 Å². The van der Waals surface area contributed by atoms with Crippen LogP contribution in [0.15, 0.2) is 28.8 Å². The van der Waals surface area contributed by atoms with Gasteiger partial charge in [0.25, 0.3) is 0 Å². The first-order chi connectivity index (χ1) is 8.65. The van der Waals surface area contributed by atoms with Gasteiger partial charge in [-0.1, -0.05) is 0 Å². The second-order valence-electron chi connectivity index (χ2n) is 4.68. The molecule has 1 aliphatic rings. The summed E-state index contributed by atoms with van der Waals surface area (Å²) in [4.78, 5) is 10.8. The molecule has 18 heavy (non-hydrogen) atoms. The normalized spacial score (nSPS) is 16.7. The molecule has 5 nitrogen and oxygen atoms in total. The minimum Gasteiger partial charge on any atom is -0.475 e. The summed E-state index contributed by atoms with van der Waals surface area (Å²) in [6.45, 7) is 1.94. The summed E-state index contributed by atoms with van der Waals surface area (Å²) >= 11 is 0. The van der Waals surface area contributed by atoms with Gasteiger partial charge in [0.15, 0.2) is 0 Å². The highest BCUT2D eigenvalue weighted by molar-refractivity contribution is 5.84. The van der Waals surface area contributed by atoms with Gasteiger partial charge < -0.3 is 9.52 Å². The molecule has 1 N–H and O–H groups in total. The number of rotatable bonds is 4. The molecule has 0 bridgehead atoms. The van der Waals surface area contributed by atoms with Gasteiger partial charge in [-0.3, -0.25) is 4.68 Å². The van der Waals surface area contributed by atoms with Crippen LogP contribution < -0.4 is 0 Å². The second kappa shape index (κ2) is 4.01. The van der Waals surface area contributed by atoms with Crippen molar-refractivity contribution in [3.05, 3.63) is 41.6 Å². The van der Waals surface area contributed by atoms with Crippen LogP contribution in [0.4, 0.5) is 0 Å². The first kappa shape index (κ1) is 11.1. The molecular formula is C13H14N2O3. The quantitative estimate of drug-likeness (QED) is 0.900. The lowest BCUT2D eigenvalue weighted by Crippen LogP contribution is -2.07. The van der Waals surface area contributed by atoms with E-state index < -0.39 is 5.97 Å². The molecule has 0 amide bonds. The zero-order valence-electron chi connectivity index (χ0n) is 10.0. The van der Waals surface area contributed by atoms with E-state index >= 15 is 0 Å². The van der Waals surface area contributed by atoms with Crippen molar-refractivity contribution in [3.8, 4) is 0 Å². The van der Waals surface area contributed by atoms with Gasteiger partial charge >= 0.3 is 5.97 Å². The Labute approximate surface area is 104 Å². The van der Waals surface area contributed by atoms with Gasteiger partial charge in [0, 0.05) is 12.1 Å². The SMILES string of the molecule is CC(c1ccc(C(=O)O)o1)n1ccc(C2CC2)n1. The summed E-state index contributed by atoms with van der Waals surface area (Å²) in [7, 11) is 0. The van der Waals surface area contributed by atoms with E-state index in [1.54, 1.807) is 6.07 Å². The molecule has 0 radical (unpaired) electrons. The average Bonchev–Trinajstić information content (AvgIpc) is 2.92. The van der Waals surface area contributed by atoms with Gasteiger partial charge in [-0.25, -0.2) is 4.79 Å². The summed E-state index contributed by atoms with van der Waals surface area (Å²) in [5.41, 5.74) is 1.12. The maximum Gasteiger partial charge on any atom is 0.371 e. The Balaban J connectivity index is 1.82. The predicted octanol–water partition coefficient (Wildman–Crippen LogP) is 2.66. The van der Waals surface area contributed by atoms with Crippen molar-refractivity contribution in [3.63, 3.8) is 0 Å². The molecule has 1 aliphatic carbocycles. The molecule has 2 aromatic heterocycles. The lowest BCUT2D eigenvalue weighted by molar-refractivity contribution is 0.0659. The van der Waals surface area contributed by atoms with Gasteiger partial charge in [-0.05, 0) is 38.0 Å². The van der Waals surface area contributed by atoms with E-state index in [1.165, 1.54) is 18.9 Å². The Morgan fingerprint density at radius 3 is 2.89 bits per heavy atom. The Morgan fingerprint density at radius 1 is 1.50 bits per heavy atom. The lowest BCUT2D eigenvalue weighted by Gasteiger charge is -2.08. The minimum absolute atomic E-state index is 0.0357. The van der Waals surface area contributed by atoms with Crippen molar-refractivity contribution in [2.24, 2.45) is 0 Å². The van der Waals surface area contributed by atoms with E-state index in [0.29, 0.717) is 11.7 Å². The average molecular weight is 246 g/mol. The van der Waals surface area contributed by atoms with Crippen molar-refractivity contribution >= 4 is 5.97 Å². The molecule has 1 saturated carbocycles. The monoisotopic (exact) mass is 246 g/mol. The minimum atomic E-state index is -1.05. The summed E-state index contributed by atoms with van der Waals surface area (Å²) in [5.74, 6) is 0.140. The highest BCUT2D eigenvalue weighted by atomic mass is 16.4. The highest BCUT2D eigenvalue weighted by Gasteiger charge is 2.26. The zero-order valence-corrected chi connectivity index (χ0v) is 10.0. The molecule has 0 saturated heterocycles. The number of hydrogen-bond acceptors (Lipinski definition) is 3. The maximum absolute atomic E-state index is 10.8. The Hall–Kier alpha value is -2.04. The standard InChI is InChI=1S/C13H14N2O3/c1-8(11-4-5-12(18-11)13(16)17)15-7-6-10(14-15)9-2-3-9/h4-9H,2-3H2,1H3,(H,16,17). The van der Waals surface area contributed by atoms with Crippen LogP contribution in [0.3, 0.4) is 0 Å². The van der Waals surface area contributed by atoms with Gasteiger partial charge in [-0.15, -0.1) is 0 Å². The van der Waals surface area contributed by atoms with Crippen LogP contribution in [0.2, 0.25) is 0 Å². The van der Waals surface area contributed by atoms with Gasteiger partial charge in [0.1, 0.15) is 11.8 Å². The maximum atomic E-state index is 10.8. The fourth-order valence-electron chi connectivity index (χ4n) is 1.99. The fourth-order valence-corrected chi connectivity index (χ4v) is 1.99. The Bertz CT molecular complexity index is 581. The summed E-state index contributed by atoms with van der Waals surface area (Å²) in [6.07, 6.45) is 4.35. The van der Waals surface area contributed by atoms with Crippen molar-refractivity contribution in [2.45, 2.75) is 31.7 Å². The molecule has 0 aromatic carbocycles. The summed E-state index contributed by atoms with van der Waals surface area (Å²) < 4.78 is 7.10. The van der Waals surface area contributed by atoms with E-state index in [1.807, 2.05) is 23.9 Å². The van der Waals surface area contributed by atoms with Crippen LogP contribution in [-0.4, -0.2) is 20.9 Å². The molecule has 0 aliphatic heterocycles. The van der Waals surface area contributed by atoms with E-state index in [4.69, 9.17) is 9.52 Å². The highest BCUT2D eigenvalue weighted by Crippen LogP contribution is 2.39. The zero-order chi connectivity index (χ0) is 12.7. The van der Waals surface area contributed by atoms with Crippen molar-refractivity contribution in [2.75, 3.05) is 0 Å². The Kier molecular flexibility index (Phi) is 2.47. The van der Waals surface area contributed by atoms with Crippen LogP contribution >= 0.6 is 0 Å². The second-order valence-corrected chi connectivity index (χ2v) is 4.68. The first-order valence-corrected chi connectivity index (χ1v) is 6.03. The van der Waals surface area contributed by atoms with Crippen LogP contribution in [-0.2, 0) is 0 Å². The number of nitrogens with zero attached hydrogens (tertiary/aromatic N) is 2. The number of aromatic carboxylic acids is 1. The molecular weight excluding hydrogens is 232 g/mol. The van der Waals surface area contributed by atoms with Crippen LogP contribution in [0, 0.1) is 0 Å². The molecule has 1 unspecified atom stereocenters. The summed E-state index contributed by atoms with van der Waals surface area (Å²) in [6, 6.07) is 5.09. The molecule has 94 valence electrons. The van der Waals surface area contributed by atoms with Crippen molar-refractivity contribution in [1.82, 2.24) is 9.78 Å². The summed E-state index contributed by atoms with van der Waals surface area (Å²) in [5, 5.41) is 13.3. The number of furan rings is 1.